The van der Waals surface area contributed by atoms with Gasteiger partial charge in [-0.3, -0.25) is 0 Å². The topological polar surface area (TPSA) is 60.9 Å². The van der Waals surface area contributed by atoms with Crippen LogP contribution in [-0.2, 0) is 4.74 Å². The standard InChI is InChI=1S/C28H34N2O4/c1-19(2)32-26-17-23-16-21(6-7-22(23)18-29-26)20-8-10-24(11-9-20)33-25-12-14-30(15-13-25)27(31)34-28(3,4)5/h6-11,16-19,25H,12-15H2,1-5H3. The lowest BCUT2D eigenvalue weighted by molar-refractivity contribution is 0.0126. The smallest absolute Gasteiger partial charge is 0.410 e. The Hall–Kier alpha value is -3.28. The number of carbonyl (C=O) groups is 1. The lowest BCUT2D eigenvalue weighted by atomic mass is 10.0. The molecule has 1 aliphatic heterocycles. The van der Waals surface area contributed by atoms with E-state index in [1.54, 1.807) is 4.90 Å². The summed E-state index contributed by atoms with van der Waals surface area (Å²) in [5, 5.41) is 2.18. The van der Waals surface area contributed by atoms with Crippen molar-refractivity contribution in [2.45, 2.75) is 65.3 Å². The quantitative estimate of drug-likeness (QED) is 0.435. The molecular weight excluding hydrogens is 428 g/mol. The molecule has 2 aromatic carbocycles. The Morgan fingerprint density at radius 3 is 2.29 bits per heavy atom. The summed E-state index contributed by atoms with van der Waals surface area (Å²) >= 11 is 0. The Kier molecular flexibility index (Phi) is 6.96. The van der Waals surface area contributed by atoms with E-state index in [-0.39, 0.29) is 18.3 Å². The molecule has 3 aromatic rings. The lowest BCUT2D eigenvalue weighted by Gasteiger charge is -2.33. The molecule has 1 aromatic heterocycles. The molecule has 1 fully saturated rings. The summed E-state index contributed by atoms with van der Waals surface area (Å²) in [5.74, 6) is 1.48. The Balaban J connectivity index is 1.37. The predicted molar refractivity (Wildman–Crippen MR) is 134 cm³/mol. The first kappa shape index (κ1) is 23.9. The number of pyridine rings is 1. The first-order valence-corrected chi connectivity index (χ1v) is 12.0. The van der Waals surface area contributed by atoms with E-state index in [0.717, 1.165) is 40.5 Å². The highest BCUT2D eigenvalue weighted by molar-refractivity contribution is 5.87. The van der Waals surface area contributed by atoms with E-state index in [0.29, 0.717) is 19.0 Å². The number of nitrogens with zero attached hydrogens (tertiary/aromatic N) is 2. The predicted octanol–water partition coefficient (Wildman–Crippen LogP) is 6.47. The van der Waals surface area contributed by atoms with Crippen LogP contribution in [-0.4, -0.2) is 46.9 Å². The third-order valence-electron chi connectivity index (χ3n) is 5.64. The lowest BCUT2D eigenvalue weighted by Crippen LogP contribution is -2.44. The number of likely N-dealkylation sites (tertiary alicyclic amines) is 1. The molecule has 0 N–H and O–H groups in total. The summed E-state index contributed by atoms with van der Waals surface area (Å²) in [6.07, 6.45) is 3.37. The maximum atomic E-state index is 12.3. The van der Waals surface area contributed by atoms with Gasteiger partial charge in [-0.05, 0) is 69.3 Å². The highest BCUT2D eigenvalue weighted by Gasteiger charge is 2.27. The molecule has 1 saturated heterocycles. The van der Waals surface area contributed by atoms with Crippen LogP contribution in [0.2, 0.25) is 0 Å². The molecule has 0 saturated carbocycles. The van der Waals surface area contributed by atoms with E-state index >= 15 is 0 Å². The highest BCUT2D eigenvalue weighted by atomic mass is 16.6. The van der Waals surface area contributed by atoms with Gasteiger partial charge < -0.3 is 19.1 Å². The third kappa shape index (κ3) is 6.19. The van der Waals surface area contributed by atoms with Crippen LogP contribution in [0.5, 0.6) is 11.6 Å². The van der Waals surface area contributed by atoms with Crippen LogP contribution in [0.25, 0.3) is 21.9 Å². The molecule has 2 heterocycles. The maximum absolute atomic E-state index is 12.3. The molecule has 0 aliphatic carbocycles. The van der Waals surface area contributed by atoms with Crippen molar-refractivity contribution in [1.82, 2.24) is 9.88 Å². The van der Waals surface area contributed by atoms with E-state index in [1.807, 2.05) is 59.0 Å². The van der Waals surface area contributed by atoms with E-state index < -0.39 is 5.60 Å². The van der Waals surface area contributed by atoms with Gasteiger partial charge in [0.2, 0.25) is 5.88 Å². The second-order valence-electron chi connectivity index (χ2n) is 10.1. The van der Waals surface area contributed by atoms with Gasteiger partial charge in [0.15, 0.2) is 0 Å². The normalized spacial score (nSPS) is 14.9. The van der Waals surface area contributed by atoms with Gasteiger partial charge in [0.1, 0.15) is 17.5 Å². The molecule has 34 heavy (non-hydrogen) atoms. The van der Waals surface area contributed by atoms with Gasteiger partial charge in [-0.1, -0.05) is 24.3 Å². The monoisotopic (exact) mass is 462 g/mol. The van der Waals surface area contributed by atoms with Gasteiger partial charge >= 0.3 is 6.09 Å². The Labute approximate surface area is 201 Å². The zero-order valence-electron chi connectivity index (χ0n) is 20.7. The largest absolute Gasteiger partial charge is 0.490 e. The number of carbonyl (C=O) groups excluding carboxylic acids is 1. The minimum atomic E-state index is -0.474. The summed E-state index contributed by atoms with van der Waals surface area (Å²) in [6, 6.07) is 16.5. The summed E-state index contributed by atoms with van der Waals surface area (Å²) in [4.78, 5) is 18.4. The first-order valence-electron chi connectivity index (χ1n) is 12.0. The molecule has 1 aliphatic rings. The second-order valence-corrected chi connectivity index (χ2v) is 10.1. The SMILES string of the molecule is CC(C)Oc1cc2cc(-c3ccc(OC4CCN(C(=O)OC(C)(C)C)CC4)cc3)ccc2cn1. The molecule has 0 radical (unpaired) electrons. The van der Waals surface area contributed by atoms with Crippen LogP contribution in [0.1, 0.15) is 47.5 Å². The Morgan fingerprint density at radius 2 is 1.65 bits per heavy atom. The third-order valence-corrected chi connectivity index (χ3v) is 5.64. The first-order chi connectivity index (χ1) is 16.2. The molecule has 6 heteroatoms. The van der Waals surface area contributed by atoms with E-state index in [4.69, 9.17) is 14.2 Å². The van der Waals surface area contributed by atoms with Crippen LogP contribution < -0.4 is 9.47 Å². The second kappa shape index (κ2) is 9.92. The fourth-order valence-corrected chi connectivity index (χ4v) is 4.01. The molecule has 1 amide bonds. The number of benzene rings is 2. The average molecular weight is 463 g/mol. The van der Waals surface area contributed by atoms with Gasteiger partial charge in [0.25, 0.3) is 0 Å². The van der Waals surface area contributed by atoms with Gasteiger partial charge in [-0.15, -0.1) is 0 Å². The number of aromatic nitrogens is 1. The van der Waals surface area contributed by atoms with E-state index in [9.17, 15) is 4.79 Å². The molecule has 0 atom stereocenters. The van der Waals surface area contributed by atoms with Crippen molar-refractivity contribution >= 4 is 16.9 Å². The minimum absolute atomic E-state index is 0.0882. The summed E-state index contributed by atoms with van der Waals surface area (Å²) in [7, 11) is 0. The number of ether oxygens (including phenoxy) is 3. The van der Waals surface area contributed by atoms with E-state index in [1.165, 1.54) is 0 Å². The fraction of sp³-hybridized carbons (Fsp3) is 0.429. The van der Waals surface area contributed by atoms with Crippen LogP contribution >= 0.6 is 0 Å². The van der Waals surface area contributed by atoms with Gasteiger partial charge in [-0.25, -0.2) is 9.78 Å². The van der Waals surface area contributed by atoms with Gasteiger partial charge in [-0.2, -0.15) is 0 Å². The Bertz CT molecular complexity index is 1130. The van der Waals surface area contributed by atoms with Crippen molar-refractivity contribution in [2.24, 2.45) is 0 Å². The van der Waals surface area contributed by atoms with Crippen molar-refractivity contribution in [3.05, 3.63) is 54.7 Å². The molecule has 0 bridgehead atoms. The number of amides is 1. The van der Waals surface area contributed by atoms with Crippen molar-refractivity contribution in [1.29, 1.82) is 0 Å². The number of hydrogen-bond acceptors (Lipinski definition) is 5. The summed E-state index contributed by atoms with van der Waals surface area (Å²) < 4.78 is 17.4. The van der Waals surface area contributed by atoms with Crippen molar-refractivity contribution in [2.75, 3.05) is 13.1 Å². The molecule has 6 nitrogen and oxygen atoms in total. The van der Waals surface area contributed by atoms with E-state index in [2.05, 4.69) is 35.3 Å². The van der Waals surface area contributed by atoms with Crippen molar-refractivity contribution < 1.29 is 19.0 Å². The van der Waals surface area contributed by atoms with Crippen LogP contribution in [0, 0.1) is 0 Å². The zero-order chi connectivity index (χ0) is 24.3. The Morgan fingerprint density at radius 1 is 0.971 bits per heavy atom. The summed E-state index contributed by atoms with van der Waals surface area (Å²) in [6.45, 7) is 10.9. The number of piperidine rings is 1. The molecule has 180 valence electrons. The number of hydrogen-bond donors (Lipinski definition) is 0. The highest BCUT2D eigenvalue weighted by Crippen LogP contribution is 2.28. The maximum Gasteiger partial charge on any atom is 0.410 e. The number of rotatable bonds is 5. The van der Waals surface area contributed by atoms with Gasteiger partial charge in [0, 0.05) is 43.6 Å². The van der Waals surface area contributed by atoms with Crippen molar-refractivity contribution in [3.8, 4) is 22.8 Å². The van der Waals surface area contributed by atoms with Crippen LogP contribution in [0.15, 0.2) is 54.7 Å². The molecular formula is C28H34N2O4. The van der Waals surface area contributed by atoms with Crippen LogP contribution in [0.4, 0.5) is 4.79 Å². The van der Waals surface area contributed by atoms with Gasteiger partial charge in [0.05, 0.1) is 6.10 Å². The fourth-order valence-electron chi connectivity index (χ4n) is 4.01. The molecule has 0 unspecified atom stereocenters. The number of fused-ring (bicyclic) bond motifs is 1. The van der Waals surface area contributed by atoms with Crippen LogP contribution in [0.3, 0.4) is 0 Å². The molecule has 0 spiro atoms. The summed E-state index contributed by atoms with van der Waals surface area (Å²) in [5.41, 5.74) is 1.78. The molecule has 4 rings (SSSR count). The zero-order valence-corrected chi connectivity index (χ0v) is 20.7. The average Bonchev–Trinajstić information content (AvgIpc) is 2.78. The minimum Gasteiger partial charge on any atom is -0.490 e. The van der Waals surface area contributed by atoms with Crippen molar-refractivity contribution in [3.63, 3.8) is 0 Å².